The Kier molecular flexibility index (Phi) is 2.63. The van der Waals surface area contributed by atoms with Crippen molar-refractivity contribution in [2.45, 2.75) is 6.92 Å². The number of hydrogen-bond acceptors (Lipinski definition) is 5. The molecule has 0 aromatic carbocycles. The quantitative estimate of drug-likeness (QED) is 0.759. The van der Waals surface area contributed by atoms with Crippen molar-refractivity contribution in [1.29, 1.82) is 0 Å². The maximum Gasteiger partial charge on any atom is 0.337 e. The van der Waals surface area contributed by atoms with E-state index in [-0.39, 0.29) is 0 Å². The highest BCUT2D eigenvalue weighted by Gasteiger charge is 2.10. The summed E-state index contributed by atoms with van der Waals surface area (Å²) in [6.45, 7) is 1.79. The molecule has 2 aromatic rings. The zero-order valence-electron chi connectivity index (χ0n) is 8.89. The first-order chi connectivity index (χ1) is 7.70. The lowest BCUT2D eigenvalue weighted by Crippen LogP contribution is -2.01. The van der Waals surface area contributed by atoms with Crippen molar-refractivity contribution in [3.05, 3.63) is 29.7 Å². The molecule has 82 valence electrons. The van der Waals surface area contributed by atoms with Crippen molar-refractivity contribution in [2.24, 2.45) is 0 Å². The van der Waals surface area contributed by atoms with Gasteiger partial charge in [0.1, 0.15) is 11.5 Å². The van der Waals surface area contributed by atoms with E-state index in [1.807, 2.05) is 0 Å². The van der Waals surface area contributed by atoms with Crippen molar-refractivity contribution in [2.75, 3.05) is 7.11 Å². The molecule has 2 aromatic heterocycles. The van der Waals surface area contributed by atoms with Crippen molar-refractivity contribution < 1.29 is 9.53 Å². The molecular formula is C10H10N4O2. The van der Waals surface area contributed by atoms with E-state index < -0.39 is 5.97 Å². The number of ether oxygens (including phenoxy) is 1. The smallest absolute Gasteiger partial charge is 0.337 e. The second kappa shape index (κ2) is 4.09. The Balaban J connectivity index is 2.39. The van der Waals surface area contributed by atoms with Crippen LogP contribution in [0.3, 0.4) is 0 Å². The molecule has 0 aliphatic heterocycles. The number of rotatable bonds is 2. The predicted molar refractivity (Wildman–Crippen MR) is 55.7 cm³/mol. The molecular weight excluding hydrogens is 208 g/mol. The van der Waals surface area contributed by atoms with E-state index in [0.717, 1.165) is 0 Å². The third-order valence-corrected chi connectivity index (χ3v) is 2.01. The van der Waals surface area contributed by atoms with Gasteiger partial charge in [0.25, 0.3) is 0 Å². The van der Waals surface area contributed by atoms with Crippen LogP contribution in [0.5, 0.6) is 0 Å². The third kappa shape index (κ3) is 1.90. The first-order valence-electron chi connectivity index (χ1n) is 4.64. The molecule has 0 saturated heterocycles. The Morgan fingerprint density at radius 2 is 2.31 bits per heavy atom. The van der Waals surface area contributed by atoms with Crippen LogP contribution in [0.15, 0.2) is 18.3 Å². The van der Waals surface area contributed by atoms with Crippen LogP contribution in [0.4, 0.5) is 0 Å². The summed E-state index contributed by atoms with van der Waals surface area (Å²) in [5.41, 5.74) is 0.960. The molecule has 0 fully saturated rings. The fourth-order valence-electron chi connectivity index (χ4n) is 1.25. The number of aryl methyl sites for hydroxylation is 1. The number of aromatic amines is 1. The standard InChI is InChI=1S/C10H10N4O2/c1-6-12-9(14-13-6)8-5-7(3-4-11-8)10(15)16-2/h3-5H,1-2H3,(H,12,13,14). The van der Waals surface area contributed by atoms with Gasteiger partial charge in [-0.05, 0) is 19.1 Å². The molecule has 1 N–H and O–H groups in total. The number of hydrogen-bond donors (Lipinski definition) is 1. The predicted octanol–water partition coefficient (Wildman–Crippen LogP) is 0.962. The summed E-state index contributed by atoms with van der Waals surface area (Å²) in [6, 6.07) is 3.17. The number of aromatic nitrogens is 4. The largest absolute Gasteiger partial charge is 0.465 e. The van der Waals surface area contributed by atoms with Crippen LogP contribution in [-0.4, -0.2) is 33.2 Å². The molecule has 0 aliphatic rings. The van der Waals surface area contributed by atoms with Crippen molar-refractivity contribution >= 4 is 5.97 Å². The minimum atomic E-state index is -0.407. The Morgan fingerprint density at radius 3 is 2.94 bits per heavy atom. The number of pyridine rings is 1. The molecule has 0 saturated carbocycles. The molecule has 0 spiro atoms. The van der Waals surface area contributed by atoms with Gasteiger partial charge in [-0.1, -0.05) is 0 Å². The molecule has 0 radical (unpaired) electrons. The molecule has 6 heteroatoms. The summed E-state index contributed by atoms with van der Waals surface area (Å²) in [7, 11) is 1.33. The van der Waals surface area contributed by atoms with Gasteiger partial charge in [0.05, 0.1) is 12.7 Å². The first-order valence-corrected chi connectivity index (χ1v) is 4.64. The van der Waals surface area contributed by atoms with Gasteiger partial charge in [-0.3, -0.25) is 10.1 Å². The summed E-state index contributed by atoms with van der Waals surface area (Å²) in [4.78, 5) is 19.5. The minimum Gasteiger partial charge on any atom is -0.465 e. The summed E-state index contributed by atoms with van der Waals surface area (Å²) >= 11 is 0. The Labute approximate surface area is 91.7 Å². The van der Waals surface area contributed by atoms with Gasteiger partial charge in [-0.25, -0.2) is 9.78 Å². The van der Waals surface area contributed by atoms with Crippen LogP contribution >= 0.6 is 0 Å². The van der Waals surface area contributed by atoms with Crippen LogP contribution in [0, 0.1) is 6.92 Å². The number of H-pyrrole nitrogens is 1. The molecule has 0 aliphatic carbocycles. The Hall–Kier alpha value is -2.24. The van der Waals surface area contributed by atoms with Gasteiger partial charge in [-0.15, -0.1) is 0 Å². The lowest BCUT2D eigenvalue weighted by molar-refractivity contribution is 0.0600. The van der Waals surface area contributed by atoms with Crippen LogP contribution < -0.4 is 0 Å². The molecule has 0 atom stereocenters. The average molecular weight is 218 g/mol. The summed E-state index contributed by atoms with van der Waals surface area (Å²) in [5.74, 6) is 0.749. The lowest BCUT2D eigenvalue weighted by atomic mass is 10.2. The van der Waals surface area contributed by atoms with Gasteiger partial charge in [-0.2, -0.15) is 5.10 Å². The van der Waals surface area contributed by atoms with Crippen LogP contribution in [0.1, 0.15) is 16.2 Å². The number of nitrogens with one attached hydrogen (secondary N) is 1. The molecule has 0 bridgehead atoms. The van der Waals surface area contributed by atoms with Gasteiger partial charge >= 0.3 is 5.97 Å². The maximum absolute atomic E-state index is 11.3. The Bertz CT molecular complexity index is 521. The molecule has 16 heavy (non-hydrogen) atoms. The highest BCUT2D eigenvalue weighted by atomic mass is 16.5. The van der Waals surface area contributed by atoms with Gasteiger partial charge < -0.3 is 4.74 Å². The lowest BCUT2D eigenvalue weighted by Gasteiger charge is -1.99. The summed E-state index contributed by atoms with van der Waals surface area (Å²) in [5, 5.41) is 6.67. The van der Waals surface area contributed by atoms with Crippen LogP contribution in [-0.2, 0) is 4.74 Å². The van der Waals surface area contributed by atoms with E-state index in [1.54, 1.807) is 19.1 Å². The fourth-order valence-corrected chi connectivity index (χ4v) is 1.25. The van der Waals surface area contributed by atoms with Crippen molar-refractivity contribution in [1.82, 2.24) is 20.2 Å². The highest BCUT2D eigenvalue weighted by molar-refractivity contribution is 5.90. The number of methoxy groups -OCH3 is 1. The van der Waals surface area contributed by atoms with Crippen LogP contribution in [0.2, 0.25) is 0 Å². The number of carbonyl (C=O) groups is 1. The van der Waals surface area contributed by atoms with Crippen molar-refractivity contribution in [3.8, 4) is 11.5 Å². The molecule has 0 unspecified atom stereocenters. The fraction of sp³-hybridized carbons (Fsp3) is 0.200. The van der Waals surface area contributed by atoms with Crippen molar-refractivity contribution in [3.63, 3.8) is 0 Å². The van der Waals surface area contributed by atoms with Gasteiger partial charge in [0, 0.05) is 6.20 Å². The molecule has 0 amide bonds. The number of esters is 1. The monoisotopic (exact) mass is 218 g/mol. The molecule has 6 nitrogen and oxygen atoms in total. The van der Waals surface area contributed by atoms with Gasteiger partial charge in [0.2, 0.25) is 0 Å². The van der Waals surface area contributed by atoms with E-state index in [9.17, 15) is 4.79 Å². The molecule has 2 rings (SSSR count). The van der Waals surface area contributed by atoms with E-state index in [1.165, 1.54) is 13.3 Å². The first kappa shape index (κ1) is 10.3. The van der Waals surface area contributed by atoms with E-state index in [0.29, 0.717) is 22.9 Å². The van der Waals surface area contributed by atoms with Crippen LogP contribution in [0.25, 0.3) is 11.5 Å². The van der Waals surface area contributed by atoms with Gasteiger partial charge in [0.15, 0.2) is 5.82 Å². The normalized spacial score (nSPS) is 10.1. The van der Waals surface area contributed by atoms with E-state index in [4.69, 9.17) is 0 Å². The Morgan fingerprint density at radius 1 is 1.50 bits per heavy atom. The average Bonchev–Trinajstić information content (AvgIpc) is 2.75. The summed E-state index contributed by atoms with van der Waals surface area (Å²) < 4.78 is 4.62. The van der Waals surface area contributed by atoms with E-state index >= 15 is 0 Å². The topological polar surface area (TPSA) is 80.8 Å². The zero-order valence-corrected chi connectivity index (χ0v) is 8.89. The highest BCUT2D eigenvalue weighted by Crippen LogP contribution is 2.13. The minimum absolute atomic E-state index is 0.407. The molecule has 2 heterocycles. The van der Waals surface area contributed by atoms with E-state index in [2.05, 4.69) is 24.9 Å². The number of nitrogens with zero attached hydrogens (tertiary/aromatic N) is 3. The third-order valence-electron chi connectivity index (χ3n) is 2.01. The maximum atomic E-state index is 11.3. The second-order valence-corrected chi connectivity index (χ2v) is 3.17. The number of carbonyl (C=O) groups excluding carboxylic acids is 1. The second-order valence-electron chi connectivity index (χ2n) is 3.17. The summed E-state index contributed by atoms with van der Waals surface area (Å²) in [6.07, 6.45) is 1.52. The SMILES string of the molecule is COC(=O)c1ccnc(-c2n[nH]c(C)n2)c1. The zero-order chi connectivity index (χ0) is 11.5.